The fourth-order valence-corrected chi connectivity index (χ4v) is 2.85. The van der Waals surface area contributed by atoms with E-state index in [4.69, 9.17) is 11.6 Å². The number of aromatic nitrogens is 1. The zero-order valence-electron chi connectivity index (χ0n) is 12.2. The average Bonchev–Trinajstić information content (AvgIpc) is 2.87. The van der Waals surface area contributed by atoms with Crippen LogP contribution in [-0.2, 0) is 0 Å². The molecule has 110 valence electrons. The number of nitrogens with zero attached hydrogens (tertiary/aromatic N) is 2. The van der Waals surface area contributed by atoms with E-state index < -0.39 is 0 Å². The number of hydrogen-bond donors (Lipinski definition) is 1. The number of carbonyl (C=O) groups is 1. The minimum atomic E-state index is -0.0781. The van der Waals surface area contributed by atoms with E-state index in [-0.39, 0.29) is 5.91 Å². The van der Waals surface area contributed by atoms with Crippen LogP contribution in [0.15, 0.2) is 12.1 Å². The van der Waals surface area contributed by atoms with Crippen LogP contribution in [0.2, 0.25) is 5.15 Å². The van der Waals surface area contributed by atoms with Gasteiger partial charge in [0, 0.05) is 24.3 Å². The molecule has 0 bridgehead atoms. The van der Waals surface area contributed by atoms with Gasteiger partial charge in [-0.15, -0.1) is 0 Å². The largest absolute Gasteiger partial charge is 0.352 e. The number of carbonyl (C=O) groups excluding carboxylic acids is 1. The van der Waals surface area contributed by atoms with Crippen LogP contribution < -0.4 is 5.32 Å². The maximum absolute atomic E-state index is 12.1. The van der Waals surface area contributed by atoms with Gasteiger partial charge in [0.15, 0.2) is 0 Å². The van der Waals surface area contributed by atoms with Crippen LogP contribution in [0.3, 0.4) is 0 Å². The second-order valence-corrected chi connectivity index (χ2v) is 6.03. The molecular formula is C15H22ClN3O. The molecule has 1 aliphatic rings. The van der Waals surface area contributed by atoms with E-state index >= 15 is 0 Å². The second-order valence-electron chi connectivity index (χ2n) is 5.64. The molecule has 20 heavy (non-hydrogen) atoms. The molecule has 0 radical (unpaired) electrons. The molecular weight excluding hydrogens is 274 g/mol. The number of nitrogens with one attached hydrogen (secondary N) is 1. The Bertz CT molecular complexity index is 452. The summed E-state index contributed by atoms with van der Waals surface area (Å²) >= 11 is 5.87. The second kappa shape index (κ2) is 7.04. The molecule has 1 amide bonds. The molecule has 0 aromatic carbocycles. The summed E-state index contributed by atoms with van der Waals surface area (Å²) in [6.45, 7) is 8.13. The summed E-state index contributed by atoms with van der Waals surface area (Å²) < 4.78 is 0. The van der Waals surface area contributed by atoms with Crippen molar-refractivity contribution in [1.82, 2.24) is 15.2 Å². The predicted octanol–water partition coefficient (Wildman–Crippen LogP) is 2.51. The molecule has 1 fully saturated rings. The lowest BCUT2D eigenvalue weighted by Gasteiger charge is -2.20. The minimum Gasteiger partial charge on any atom is -0.352 e. The molecule has 1 N–H and O–H groups in total. The topological polar surface area (TPSA) is 45.2 Å². The molecule has 1 unspecified atom stereocenters. The SMILES string of the molecule is Cc1cc(C(=O)NCC(C)CN2CCCC2)cc(Cl)n1. The Labute approximate surface area is 125 Å². The van der Waals surface area contributed by atoms with Gasteiger partial charge in [0.25, 0.3) is 5.91 Å². The number of aryl methyl sites for hydroxylation is 1. The highest BCUT2D eigenvalue weighted by Gasteiger charge is 2.15. The Morgan fingerprint density at radius 1 is 1.45 bits per heavy atom. The van der Waals surface area contributed by atoms with E-state index in [0.717, 1.165) is 12.2 Å². The maximum Gasteiger partial charge on any atom is 0.251 e. The average molecular weight is 296 g/mol. The van der Waals surface area contributed by atoms with Gasteiger partial charge in [0.05, 0.1) is 0 Å². The summed E-state index contributed by atoms with van der Waals surface area (Å²) in [6, 6.07) is 3.36. The van der Waals surface area contributed by atoms with Gasteiger partial charge in [-0.25, -0.2) is 4.98 Å². The Balaban J connectivity index is 1.81. The molecule has 2 heterocycles. The van der Waals surface area contributed by atoms with Crippen molar-refractivity contribution >= 4 is 17.5 Å². The Hall–Kier alpha value is -1.13. The number of pyridine rings is 1. The minimum absolute atomic E-state index is 0.0781. The van der Waals surface area contributed by atoms with E-state index in [9.17, 15) is 4.79 Å². The first-order valence-electron chi connectivity index (χ1n) is 7.19. The summed E-state index contributed by atoms with van der Waals surface area (Å²) in [4.78, 5) is 18.6. The van der Waals surface area contributed by atoms with E-state index in [1.807, 2.05) is 6.92 Å². The van der Waals surface area contributed by atoms with Gasteiger partial charge in [0.2, 0.25) is 0 Å². The van der Waals surface area contributed by atoms with Gasteiger partial charge in [-0.1, -0.05) is 18.5 Å². The molecule has 0 saturated carbocycles. The van der Waals surface area contributed by atoms with E-state index in [0.29, 0.717) is 23.2 Å². The van der Waals surface area contributed by atoms with Crippen LogP contribution in [0.25, 0.3) is 0 Å². The van der Waals surface area contributed by atoms with Crippen molar-refractivity contribution in [1.29, 1.82) is 0 Å². The van der Waals surface area contributed by atoms with Crippen molar-refractivity contribution in [2.75, 3.05) is 26.2 Å². The van der Waals surface area contributed by atoms with Crippen LogP contribution in [-0.4, -0.2) is 42.0 Å². The number of amides is 1. The lowest BCUT2D eigenvalue weighted by atomic mass is 10.1. The van der Waals surface area contributed by atoms with Gasteiger partial charge >= 0.3 is 0 Å². The molecule has 0 spiro atoms. The van der Waals surface area contributed by atoms with Crippen molar-refractivity contribution in [3.8, 4) is 0 Å². The molecule has 1 aromatic rings. The fourth-order valence-electron chi connectivity index (χ4n) is 2.60. The van der Waals surface area contributed by atoms with Gasteiger partial charge in [-0.05, 0) is 50.9 Å². The summed E-state index contributed by atoms with van der Waals surface area (Å²) in [6.07, 6.45) is 2.60. The number of rotatable bonds is 5. The van der Waals surface area contributed by atoms with Crippen LogP contribution >= 0.6 is 11.6 Å². The van der Waals surface area contributed by atoms with Gasteiger partial charge in [0.1, 0.15) is 5.15 Å². The van der Waals surface area contributed by atoms with Crippen molar-refractivity contribution in [2.45, 2.75) is 26.7 Å². The predicted molar refractivity (Wildman–Crippen MR) is 81.2 cm³/mol. The van der Waals surface area contributed by atoms with E-state index in [1.165, 1.54) is 25.9 Å². The molecule has 2 rings (SSSR count). The third-order valence-corrected chi connectivity index (χ3v) is 3.76. The highest BCUT2D eigenvalue weighted by atomic mass is 35.5. The number of hydrogen-bond acceptors (Lipinski definition) is 3. The summed E-state index contributed by atoms with van der Waals surface area (Å²) in [5.74, 6) is 0.376. The molecule has 1 atom stereocenters. The van der Waals surface area contributed by atoms with Crippen molar-refractivity contribution < 1.29 is 4.79 Å². The zero-order chi connectivity index (χ0) is 14.5. The highest BCUT2D eigenvalue weighted by Crippen LogP contribution is 2.12. The lowest BCUT2D eigenvalue weighted by molar-refractivity contribution is 0.0945. The summed E-state index contributed by atoms with van der Waals surface area (Å²) in [7, 11) is 0. The molecule has 1 saturated heterocycles. The summed E-state index contributed by atoms with van der Waals surface area (Å²) in [5, 5.41) is 3.34. The Kier molecular flexibility index (Phi) is 5.38. The molecule has 1 aromatic heterocycles. The number of likely N-dealkylation sites (tertiary alicyclic amines) is 1. The smallest absolute Gasteiger partial charge is 0.251 e. The third-order valence-electron chi connectivity index (χ3n) is 3.56. The standard InChI is InChI=1S/C15H22ClN3O/c1-11(10-19-5-3-4-6-19)9-17-15(20)13-7-12(2)18-14(16)8-13/h7-8,11H,3-6,9-10H2,1-2H3,(H,17,20). The number of halogens is 1. The molecule has 4 nitrogen and oxygen atoms in total. The summed E-state index contributed by atoms with van der Waals surface area (Å²) in [5.41, 5.74) is 1.34. The maximum atomic E-state index is 12.1. The normalized spacial score (nSPS) is 17.1. The van der Waals surface area contributed by atoms with Crippen molar-refractivity contribution in [3.63, 3.8) is 0 Å². The first-order valence-corrected chi connectivity index (χ1v) is 7.57. The Morgan fingerprint density at radius 2 is 2.15 bits per heavy atom. The molecule has 1 aliphatic heterocycles. The zero-order valence-corrected chi connectivity index (χ0v) is 12.9. The quantitative estimate of drug-likeness (QED) is 0.849. The van der Waals surface area contributed by atoms with Crippen molar-refractivity contribution in [2.24, 2.45) is 5.92 Å². The van der Waals surface area contributed by atoms with Crippen LogP contribution in [0.4, 0.5) is 0 Å². The monoisotopic (exact) mass is 295 g/mol. The molecule has 5 heteroatoms. The van der Waals surface area contributed by atoms with Crippen LogP contribution in [0.5, 0.6) is 0 Å². The van der Waals surface area contributed by atoms with Crippen molar-refractivity contribution in [3.05, 3.63) is 28.5 Å². The van der Waals surface area contributed by atoms with E-state index in [1.54, 1.807) is 12.1 Å². The highest BCUT2D eigenvalue weighted by molar-refractivity contribution is 6.29. The first kappa shape index (κ1) is 15.3. The molecule has 0 aliphatic carbocycles. The Morgan fingerprint density at radius 3 is 2.80 bits per heavy atom. The van der Waals surface area contributed by atoms with Crippen LogP contribution in [0.1, 0.15) is 35.8 Å². The van der Waals surface area contributed by atoms with E-state index in [2.05, 4.69) is 22.1 Å². The lowest BCUT2D eigenvalue weighted by Crippen LogP contribution is -2.34. The van der Waals surface area contributed by atoms with Gasteiger partial charge < -0.3 is 10.2 Å². The fraction of sp³-hybridized carbons (Fsp3) is 0.600. The third kappa shape index (κ3) is 4.46. The van der Waals surface area contributed by atoms with Gasteiger partial charge in [-0.2, -0.15) is 0 Å². The van der Waals surface area contributed by atoms with Gasteiger partial charge in [-0.3, -0.25) is 4.79 Å². The van der Waals surface area contributed by atoms with Crippen LogP contribution in [0, 0.1) is 12.8 Å². The first-order chi connectivity index (χ1) is 9.54.